The standard InChI is InChI=1S/C60H54NO6P3/c62-68(49-25-7-1-8-26-49,50-27-9-2-10-28-50)58-40-22-19-37-55(58)65-46-43-61(44-47-66-56-38-20-23-41-59(56)69(63,51-29-11-3-12-30-51)52-31-13-4-14-32-52)45-48-67-57-39-21-24-42-60(57)70(64,53-33-15-5-16-34-53)54-35-17-6-18-36-54/h1-42H,43-48H2. The summed E-state index contributed by atoms with van der Waals surface area (Å²) in [5.41, 5.74) is 0. The first-order valence-electron chi connectivity index (χ1n) is 23.4. The topological polar surface area (TPSA) is 82.1 Å². The Bertz CT molecular complexity index is 2760. The molecule has 70 heavy (non-hydrogen) atoms. The van der Waals surface area contributed by atoms with Crippen molar-refractivity contribution in [3.8, 4) is 17.2 Å². The van der Waals surface area contributed by atoms with E-state index < -0.39 is 21.4 Å². The molecule has 350 valence electrons. The molecule has 0 aromatic heterocycles. The maximum absolute atomic E-state index is 15.5. The first kappa shape index (κ1) is 48.1. The number of hydrogen-bond acceptors (Lipinski definition) is 7. The third-order valence-corrected chi connectivity index (χ3v) is 21.6. The van der Waals surface area contributed by atoms with Gasteiger partial charge in [-0.3, -0.25) is 4.90 Å². The van der Waals surface area contributed by atoms with Crippen molar-refractivity contribution in [2.24, 2.45) is 0 Å². The molecule has 0 heterocycles. The van der Waals surface area contributed by atoms with Gasteiger partial charge in [0.1, 0.15) is 37.1 Å². The van der Waals surface area contributed by atoms with Gasteiger partial charge in [0.15, 0.2) is 21.4 Å². The van der Waals surface area contributed by atoms with Crippen LogP contribution in [0.15, 0.2) is 255 Å². The largest absolute Gasteiger partial charge is 0.491 e. The Morgan fingerprint density at radius 3 is 0.657 bits per heavy atom. The lowest BCUT2D eigenvalue weighted by atomic mass is 10.3. The summed E-state index contributed by atoms with van der Waals surface area (Å²) < 4.78 is 66.4. The van der Waals surface area contributed by atoms with Gasteiger partial charge in [-0.2, -0.15) is 0 Å². The molecule has 0 radical (unpaired) electrons. The average molecular weight is 978 g/mol. The molecule has 0 bridgehead atoms. The Balaban J connectivity index is 0.990. The molecule has 0 saturated heterocycles. The Morgan fingerprint density at radius 1 is 0.257 bits per heavy atom. The Morgan fingerprint density at radius 2 is 0.443 bits per heavy atom. The van der Waals surface area contributed by atoms with E-state index in [2.05, 4.69) is 4.90 Å². The smallest absolute Gasteiger partial charge is 0.174 e. The number of benzene rings is 9. The highest BCUT2D eigenvalue weighted by Crippen LogP contribution is 2.47. The first-order valence-corrected chi connectivity index (χ1v) is 28.6. The lowest BCUT2D eigenvalue weighted by Crippen LogP contribution is -2.37. The Hall–Kier alpha value is -6.97. The summed E-state index contributed by atoms with van der Waals surface area (Å²) in [7, 11) is -10.00. The van der Waals surface area contributed by atoms with E-state index in [4.69, 9.17) is 14.2 Å². The SMILES string of the molecule is O=P(c1ccccc1)(c1ccccc1)c1ccccc1OCCN(CCOc1ccccc1P(=O)(c1ccccc1)c1ccccc1)CCOc1ccccc1P(=O)(c1ccccc1)c1ccccc1. The molecule has 9 rings (SSSR count). The summed E-state index contributed by atoms with van der Waals surface area (Å²) in [6.45, 7) is 2.19. The molecular formula is C60H54NO6P3. The predicted molar refractivity (Wildman–Crippen MR) is 290 cm³/mol. The molecule has 7 nitrogen and oxygen atoms in total. The van der Waals surface area contributed by atoms with E-state index >= 15 is 13.7 Å². The molecular weight excluding hydrogens is 924 g/mol. The van der Waals surface area contributed by atoms with Crippen LogP contribution in [-0.2, 0) is 13.7 Å². The van der Waals surface area contributed by atoms with Crippen molar-refractivity contribution in [3.05, 3.63) is 255 Å². The first-order chi connectivity index (χ1) is 34.4. The van der Waals surface area contributed by atoms with Crippen LogP contribution in [0.1, 0.15) is 0 Å². The van der Waals surface area contributed by atoms with Crippen LogP contribution in [0.2, 0.25) is 0 Å². The molecule has 0 amide bonds. The number of rotatable bonds is 21. The van der Waals surface area contributed by atoms with Crippen molar-refractivity contribution in [1.29, 1.82) is 0 Å². The summed E-state index contributed by atoms with van der Waals surface area (Å²) in [4.78, 5) is 2.20. The van der Waals surface area contributed by atoms with Crippen molar-refractivity contribution < 1.29 is 27.9 Å². The predicted octanol–water partition coefficient (Wildman–Crippen LogP) is 9.44. The monoisotopic (exact) mass is 977 g/mol. The average Bonchev–Trinajstić information content (AvgIpc) is 3.44. The third-order valence-electron chi connectivity index (χ3n) is 12.3. The van der Waals surface area contributed by atoms with Gasteiger partial charge in [-0.1, -0.05) is 218 Å². The van der Waals surface area contributed by atoms with Crippen LogP contribution in [0.5, 0.6) is 17.2 Å². The summed E-state index contributed by atoms with van der Waals surface area (Å²) >= 11 is 0. The Kier molecular flexibility index (Phi) is 15.5. The van der Waals surface area contributed by atoms with Crippen LogP contribution in [0, 0.1) is 0 Å². The number of ether oxygens (including phenoxy) is 3. The maximum atomic E-state index is 15.5. The minimum Gasteiger partial charge on any atom is -0.491 e. The van der Waals surface area contributed by atoms with Crippen LogP contribution >= 0.6 is 21.4 Å². The molecule has 0 aliphatic rings. The van der Waals surface area contributed by atoms with Crippen molar-refractivity contribution >= 4 is 69.2 Å². The van der Waals surface area contributed by atoms with Gasteiger partial charge in [0, 0.05) is 51.5 Å². The Labute approximate surface area is 411 Å². The van der Waals surface area contributed by atoms with Gasteiger partial charge in [-0.15, -0.1) is 0 Å². The molecule has 9 aromatic rings. The van der Waals surface area contributed by atoms with Crippen molar-refractivity contribution in [2.45, 2.75) is 0 Å². The van der Waals surface area contributed by atoms with E-state index in [9.17, 15) is 0 Å². The maximum Gasteiger partial charge on any atom is 0.174 e. The molecule has 10 heteroatoms. The van der Waals surface area contributed by atoms with E-state index in [1.54, 1.807) is 0 Å². The van der Waals surface area contributed by atoms with E-state index in [0.29, 0.717) is 52.8 Å². The van der Waals surface area contributed by atoms with Gasteiger partial charge < -0.3 is 27.9 Å². The van der Waals surface area contributed by atoms with Crippen molar-refractivity contribution in [1.82, 2.24) is 4.90 Å². The summed E-state index contributed by atoms with van der Waals surface area (Å²) in [6, 6.07) is 80.3. The minimum absolute atomic E-state index is 0.266. The second kappa shape index (κ2) is 22.6. The highest BCUT2D eigenvalue weighted by atomic mass is 31.2. The van der Waals surface area contributed by atoms with Crippen LogP contribution < -0.4 is 62.0 Å². The molecule has 0 fully saturated rings. The molecule has 0 spiro atoms. The highest BCUT2D eigenvalue weighted by Gasteiger charge is 2.35. The number of hydrogen-bond donors (Lipinski definition) is 0. The fourth-order valence-corrected chi connectivity index (χ4v) is 17.2. The molecule has 0 aliphatic heterocycles. The van der Waals surface area contributed by atoms with Crippen LogP contribution in [0.25, 0.3) is 0 Å². The summed E-state index contributed by atoms with van der Waals surface area (Å²) in [6.07, 6.45) is 0. The van der Waals surface area contributed by atoms with Crippen molar-refractivity contribution in [2.75, 3.05) is 39.5 Å². The van der Waals surface area contributed by atoms with E-state index in [1.165, 1.54) is 0 Å². The normalized spacial score (nSPS) is 11.8. The lowest BCUT2D eigenvalue weighted by Gasteiger charge is -2.26. The van der Waals surface area contributed by atoms with Gasteiger partial charge >= 0.3 is 0 Å². The molecule has 0 N–H and O–H groups in total. The third kappa shape index (κ3) is 10.3. The van der Waals surface area contributed by atoms with Gasteiger partial charge in [-0.05, 0) is 36.4 Å². The van der Waals surface area contributed by atoms with E-state index in [1.807, 2.05) is 255 Å². The summed E-state index contributed by atoms with van der Waals surface area (Å²) in [5.74, 6) is 1.64. The molecule has 0 unspecified atom stereocenters. The molecule has 9 aromatic carbocycles. The molecule has 0 saturated carbocycles. The summed E-state index contributed by atoms with van der Waals surface area (Å²) in [5, 5.41) is 6.22. The van der Waals surface area contributed by atoms with Crippen LogP contribution in [0.4, 0.5) is 0 Å². The highest BCUT2D eigenvalue weighted by molar-refractivity contribution is 7.86. The van der Waals surface area contributed by atoms with E-state index in [0.717, 1.165) is 31.8 Å². The fourth-order valence-electron chi connectivity index (χ4n) is 8.82. The lowest BCUT2D eigenvalue weighted by molar-refractivity contribution is 0.154. The van der Waals surface area contributed by atoms with Crippen LogP contribution in [0.3, 0.4) is 0 Å². The van der Waals surface area contributed by atoms with Gasteiger partial charge in [-0.25, -0.2) is 0 Å². The second-order valence-electron chi connectivity index (χ2n) is 16.6. The zero-order valence-electron chi connectivity index (χ0n) is 38.7. The zero-order valence-corrected chi connectivity index (χ0v) is 41.4. The molecule has 0 atom stereocenters. The number of nitrogens with zero attached hydrogens (tertiary/aromatic N) is 1. The zero-order chi connectivity index (χ0) is 48.1. The van der Waals surface area contributed by atoms with Gasteiger partial charge in [0.2, 0.25) is 0 Å². The van der Waals surface area contributed by atoms with E-state index in [-0.39, 0.29) is 19.8 Å². The minimum atomic E-state index is -3.33. The quantitative estimate of drug-likeness (QED) is 0.0665. The molecule has 0 aliphatic carbocycles. The number of para-hydroxylation sites is 3. The van der Waals surface area contributed by atoms with Gasteiger partial charge in [0.25, 0.3) is 0 Å². The van der Waals surface area contributed by atoms with Crippen molar-refractivity contribution in [3.63, 3.8) is 0 Å². The second-order valence-corrected chi connectivity index (χ2v) is 24.8. The van der Waals surface area contributed by atoms with Crippen LogP contribution in [-0.4, -0.2) is 44.4 Å². The fraction of sp³-hybridized carbons (Fsp3) is 0.100. The van der Waals surface area contributed by atoms with Gasteiger partial charge in [0.05, 0.1) is 15.9 Å².